The molecule has 0 aromatic carbocycles. The van der Waals surface area contributed by atoms with E-state index in [2.05, 4.69) is 16.8 Å². The first-order chi connectivity index (χ1) is 9.60. The minimum atomic E-state index is -0.156. The highest BCUT2D eigenvalue weighted by atomic mass is 35.5. The highest BCUT2D eigenvalue weighted by Crippen LogP contribution is 2.17. The lowest BCUT2D eigenvalue weighted by molar-refractivity contribution is 0.0781. The number of thiophene rings is 1. The molecule has 2 rings (SSSR count). The number of aliphatic hydroxyl groups is 1. The molecule has 2 N–H and O–H groups in total. The van der Waals surface area contributed by atoms with Crippen molar-refractivity contribution < 1.29 is 9.90 Å². The molecule has 4 nitrogen and oxygen atoms in total. The lowest BCUT2D eigenvalue weighted by atomic mass is 10.3. The number of halogens is 1. The Kier molecular flexibility index (Phi) is 4.85. The molecule has 1 amide bonds. The number of aromatic amines is 1. The van der Waals surface area contributed by atoms with Gasteiger partial charge in [-0.05, 0) is 12.1 Å². The number of hydrogen-bond donors (Lipinski definition) is 2. The van der Waals surface area contributed by atoms with E-state index in [1.807, 2.05) is 11.4 Å². The smallest absolute Gasteiger partial charge is 0.270 e. The molecule has 2 heterocycles. The van der Waals surface area contributed by atoms with E-state index in [0.717, 1.165) is 10.4 Å². The standard InChI is InChI=1S/C14H13ClN2O2S/c1-17(14(19)13-6-11(15)7-16-13)8-12-5-10(9-20-12)3-2-4-18/h5-7,9,16,18H,4,8H2,1H3. The van der Waals surface area contributed by atoms with Gasteiger partial charge in [0.2, 0.25) is 0 Å². The normalized spacial score (nSPS) is 9.95. The van der Waals surface area contributed by atoms with Gasteiger partial charge < -0.3 is 15.0 Å². The summed E-state index contributed by atoms with van der Waals surface area (Å²) in [6, 6.07) is 3.52. The van der Waals surface area contributed by atoms with Gasteiger partial charge in [0.05, 0.1) is 11.6 Å². The third kappa shape index (κ3) is 3.64. The van der Waals surface area contributed by atoms with Crippen molar-refractivity contribution in [2.24, 2.45) is 0 Å². The van der Waals surface area contributed by atoms with Crippen LogP contribution >= 0.6 is 22.9 Å². The second-order valence-corrected chi connectivity index (χ2v) is 5.59. The molecule has 6 heteroatoms. The van der Waals surface area contributed by atoms with Crippen LogP contribution in [0.15, 0.2) is 23.7 Å². The Labute approximate surface area is 126 Å². The molecular weight excluding hydrogens is 296 g/mol. The van der Waals surface area contributed by atoms with E-state index >= 15 is 0 Å². The van der Waals surface area contributed by atoms with E-state index in [0.29, 0.717) is 17.3 Å². The zero-order chi connectivity index (χ0) is 14.5. The Balaban J connectivity index is 2.02. The molecule has 0 saturated heterocycles. The minimum Gasteiger partial charge on any atom is -0.384 e. The van der Waals surface area contributed by atoms with Gasteiger partial charge in [-0.2, -0.15) is 0 Å². The fourth-order valence-electron chi connectivity index (χ4n) is 1.67. The highest BCUT2D eigenvalue weighted by Gasteiger charge is 2.14. The zero-order valence-electron chi connectivity index (χ0n) is 10.8. The monoisotopic (exact) mass is 308 g/mol. The predicted molar refractivity (Wildman–Crippen MR) is 79.9 cm³/mol. The van der Waals surface area contributed by atoms with Crippen LogP contribution in [0.1, 0.15) is 20.9 Å². The number of carbonyl (C=O) groups is 1. The summed E-state index contributed by atoms with van der Waals surface area (Å²) in [5.74, 6) is 5.31. The van der Waals surface area contributed by atoms with Crippen LogP contribution in [0.5, 0.6) is 0 Å². The van der Waals surface area contributed by atoms with Gasteiger partial charge in [0.25, 0.3) is 5.91 Å². The SMILES string of the molecule is CN(Cc1cc(C#CCO)cs1)C(=O)c1cc(Cl)c[nH]1. The summed E-state index contributed by atoms with van der Waals surface area (Å²) in [6.07, 6.45) is 1.58. The minimum absolute atomic E-state index is 0.117. The Morgan fingerprint density at radius 1 is 1.55 bits per heavy atom. The number of H-pyrrole nitrogens is 1. The van der Waals surface area contributed by atoms with Crippen LogP contribution in [0, 0.1) is 11.8 Å². The highest BCUT2D eigenvalue weighted by molar-refractivity contribution is 7.10. The number of nitrogens with one attached hydrogen (secondary N) is 1. The molecule has 2 aromatic rings. The third-order valence-electron chi connectivity index (χ3n) is 2.58. The van der Waals surface area contributed by atoms with E-state index in [1.165, 1.54) is 11.3 Å². The van der Waals surface area contributed by atoms with Gasteiger partial charge in [0.15, 0.2) is 0 Å². The Morgan fingerprint density at radius 3 is 3.00 bits per heavy atom. The Morgan fingerprint density at radius 2 is 2.35 bits per heavy atom. The number of carbonyl (C=O) groups excluding carboxylic acids is 1. The van der Waals surface area contributed by atoms with E-state index in [9.17, 15) is 4.79 Å². The average Bonchev–Trinajstić information content (AvgIpc) is 3.04. The number of hydrogen-bond acceptors (Lipinski definition) is 3. The molecular formula is C14H13ClN2O2S. The summed E-state index contributed by atoms with van der Waals surface area (Å²) in [5, 5.41) is 11.1. The van der Waals surface area contributed by atoms with E-state index < -0.39 is 0 Å². The van der Waals surface area contributed by atoms with Crippen molar-refractivity contribution in [2.75, 3.05) is 13.7 Å². The molecule has 0 aliphatic carbocycles. The summed E-state index contributed by atoms with van der Waals surface area (Å²) < 4.78 is 0. The molecule has 0 bridgehead atoms. The molecule has 0 spiro atoms. The van der Waals surface area contributed by atoms with Crippen LogP contribution in [-0.4, -0.2) is 34.6 Å². The van der Waals surface area contributed by atoms with Crippen molar-refractivity contribution in [3.63, 3.8) is 0 Å². The molecule has 0 radical (unpaired) electrons. The van der Waals surface area contributed by atoms with Crippen LogP contribution in [-0.2, 0) is 6.54 Å². The quantitative estimate of drug-likeness (QED) is 0.855. The van der Waals surface area contributed by atoms with Gasteiger partial charge in [-0.3, -0.25) is 4.79 Å². The zero-order valence-corrected chi connectivity index (χ0v) is 12.4. The first-order valence-corrected chi connectivity index (χ1v) is 7.12. The number of nitrogens with zero attached hydrogens (tertiary/aromatic N) is 1. The van der Waals surface area contributed by atoms with Crippen molar-refractivity contribution in [1.82, 2.24) is 9.88 Å². The van der Waals surface area contributed by atoms with E-state index in [-0.39, 0.29) is 12.5 Å². The van der Waals surface area contributed by atoms with Crippen LogP contribution in [0.25, 0.3) is 0 Å². The van der Waals surface area contributed by atoms with Crippen LogP contribution < -0.4 is 0 Å². The van der Waals surface area contributed by atoms with E-state index in [4.69, 9.17) is 16.7 Å². The van der Waals surface area contributed by atoms with Gasteiger partial charge in [0, 0.05) is 29.1 Å². The molecule has 104 valence electrons. The molecule has 0 aliphatic heterocycles. The first kappa shape index (κ1) is 14.7. The predicted octanol–water partition coefficient (Wildman–Crippen LogP) is 2.35. The topological polar surface area (TPSA) is 56.3 Å². The van der Waals surface area contributed by atoms with Crippen molar-refractivity contribution >= 4 is 28.8 Å². The molecule has 0 saturated carbocycles. The maximum absolute atomic E-state index is 12.1. The fraction of sp³-hybridized carbons (Fsp3) is 0.214. The van der Waals surface area contributed by atoms with Crippen molar-refractivity contribution in [2.45, 2.75) is 6.54 Å². The van der Waals surface area contributed by atoms with Crippen molar-refractivity contribution in [3.8, 4) is 11.8 Å². The molecule has 0 unspecified atom stereocenters. The molecule has 0 aliphatic rings. The molecule has 0 atom stereocenters. The lowest BCUT2D eigenvalue weighted by Gasteiger charge is -2.14. The summed E-state index contributed by atoms with van der Waals surface area (Å²) in [4.78, 5) is 17.6. The largest absolute Gasteiger partial charge is 0.384 e. The summed E-state index contributed by atoms with van der Waals surface area (Å²) in [7, 11) is 1.73. The van der Waals surface area contributed by atoms with E-state index in [1.54, 1.807) is 24.2 Å². The van der Waals surface area contributed by atoms with Gasteiger partial charge in [0.1, 0.15) is 12.3 Å². The molecule has 20 heavy (non-hydrogen) atoms. The summed E-state index contributed by atoms with van der Waals surface area (Å²) in [6.45, 7) is 0.345. The van der Waals surface area contributed by atoms with Crippen LogP contribution in [0.2, 0.25) is 5.02 Å². The number of aromatic nitrogens is 1. The van der Waals surface area contributed by atoms with Gasteiger partial charge >= 0.3 is 0 Å². The van der Waals surface area contributed by atoms with Crippen molar-refractivity contribution in [3.05, 3.63) is 44.9 Å². The Hall–Kier alpha value is -1.74. The van der Waals surface area contributed by atoms with Crippen molar-refractivity contribution in [1.29, 1.82) is 0 Å². The van der Waals surface area contributed by atoms with Gasteiger partial charge in [-0.15, -0.1) is 11.3 Å². The second kappa shape index (κ2) is 6.62. The Bertz CT molecular complexity index is 666. The lowest BCUT2D eigenvalue weighted by Crippen LogP contribution is -2.26. The number of aliphatic hydroxyl groups excluding tert-OH is 1. The van der Waals surface area contributed by atoms with Crippen LogP contribution in [0.4, 0.5) is 0 Å². The molecule has 2 aromatic heterocycles. The number of amides is 1. The average molecular weight is 309 g/mol. The molecule has 0 fully saturated rings. The summed E-state index contributed by atoms with van der Waals surface area (Å²) in [5.41, 5.74) is 1.32. The second-order valence-electron chi connectivity index (χ2n) is 4.15. The van der Waals surface area contributed by atoms with Crippen LogP contribution in [0.3, 0.4) is 0 Å². The van der Waals surface area contributed by atoms with Gasteiger partial charge in [-0.25, -0.2) is 0 Å². The first-order valence-electron chi connectivity index (χ1n) is 5.86. The maximum atomic E-state index is 12.1. The van der Waals surface area contributed by atoms with Gasteiger partial charge in [-0.1, -0.05) is 23.4 Å². The maximum Gasteiger partial charge on any atom is 0.270 e. The fourth-order valence-corrected chi connectivity index (χ4v) is 2.71. The third-order valence-corrected chi connectivity index (χ3v) is 3.72. The number of rotatable bonds is 3. The summed E-state index contributed by atoms with van der Waals surface area (Å²) >= 11 is 7.32.